The molecule has 6 heteroatoms. The van der Waals surface area contributed by atoms with Crippen molar-refractivity contribution in [1.29, 1.82) is 0 Å². The Morgan fingerprint density at radius 2 is 2.14 bits per heavy atom. The predicted molar refractivity (Wildman–Crippen MR) is 76.4 cm³/mol. The quantitative estimate of drug-likeness (QED) is 0.871. The fourth-order valence-electron chi connectivity index (χ4n) is 1.85. The SMILES string of the molecule is Cc1cccc(OCc2ncc(CC(=O)O)c(=O)[nH]2)c1C. The Hall–Kier alpha value is -2.63. The average Bonchev–Trinajstić information content (AvgIpc) is 2.43. The molecule has 1 aromatic heterocycles. The van der Waals surface area contributed by atoms with Gasteiger partial charge in [0.25, 0.3) is 5.56 Å². The zero-order valence-corrected chi connectivity index (χ0v) is 11.8. The van der Waals surface area contributed by atoms with Crippen LogP contribution >= 0.6 is 0 Å². The van der Waals surface area contributed by atoms with Gasteiger partial charge in [0.05, 0.1) is 6.42 Å². The molecule has 2 N–H and O–H groups in total. The molecule has 2 aromatic rings. The number of carbonyl (C=O) groups is 1. The zero-order chi connectivity index (χ0) is 15.4. The third kappa shape index (κ3) is 3.68. The van der Waals surface area contributed by atoms with E-state index < -0.39 is 11.5 Å². The van der Waals surface area contributed by atoms with Gasteiger partial charge in [0.15, 0.2) is 0 Å². The Bertz CT molecular complexity index is 722. The molecule has 0 unspecified atom stereocenters. The van der Waals surface area contributed by atoms with Gasteiger partial charge < -0.3 is 14.8 Å². The summed E-state index contributed by atoms with van der Waals surface area (Å²) in [6.45, 7) is 4.06. The van der Waals surface area contributed by atoms with E-state index >= 15 is 0 Å². The number of nitrogens with one attached hydrogen (secondary N) is 1. The number of aromatic nitrogens is 2. The van der Waals surface area contributed by atoms with Crippen molar-refractivity contribution in [2.75, 3.05) is 0 Å². The van der Waals surface area contributed by atoms with Gasteiger partial charge in [0.1, 0.15) is 18.2 Å². The molecule has 0 aliphatic heterocycles. The number of benzene rings is 1. The van der Waals surface area contributed by atoms with Gasteiger partial charge in [-0.25, -0.2) is 4.98 Å². The lowest BCUT2D eigenvalue weighted by atomic mass is 10.1. The molecule has 110 valence electrons. The van der Waals surface area contributed by atoms with E-state index in [-0.39, 0.29) is 18.6 Å². The first kappa shape index (κ1) is 14.8. The number of hydrogen-bond donors (Lipinski definition) is 2. The number of aliphatic carboxylic acids is 1. The highest BCUT2D eigenvalue weighted by molar-refractivity contribution is 5.69. The van der Waals surface area contributed by atoms with E-state index in [9.17, 15) is 9.59 Å². The highest BCUT2D eigenvalue weighted by Gasteiger charge is 2.08. The van der Waals surface area contributed by atoms with E-state index in [1.54, 1.807) is 0 Å². The molecular formula is C15H16N2O4. The number of carboxylic acid groups (broad SMARTS) is 1. The van der Waals surface area contributed by atoms with Crippen LogP contribution in [-0.2, 0) is 17.8 Å². The molecule has 1 aromatic carbocycles. The summed E-state index contributed by atoms with van der Waals surface area (Å²) in [6, 6.07) is 5.73. The Kier molecular flexibility index (Phi) is 4.37. The molecule has 0 bridgehead atoms. The predicted octanol–water partition coefficient (Wildman–Crippen LogP) is 1.59. The average molecular weight is 288 g/mol. The molecule has 0 aliphatic rings. The summed E-state index contributed by atoms with van der Waals surface area (Å²) in [5.74, 6) is 0.0176. The van der Waals surface area contributed by atoms with E-state index in [1.807, 2.05) is 32.0 Å². The highest BCUT2D eigenvalue weighted by atomic mass is 16.5. The van der Waals surface area contributed by atoms with E-state index in [0.29, 0.717) is 5.82 Å². The molecule has 0 amide bonds. The molecule has 6 nitrogen and oxygen atoms in total. The molecule has 0 atom stereocenters. The minimum Gasteiger partial charge on any atom is -0.485 e. The smallest absolute Gasteiger partial charge is 0.308 e. The van der Waals surface area contributed by atoms with Crippen molar-refractivity contribution >= 4 is 5.97 Å². The number of ether oxygens (including phenoxy) is 1. The van der Waals surface area contributed by atoms with Gasteiger partial charge in [-0.2, -0.15) is 0 Å². The number of rotatable bonds is 5. The van der Waals surface area contributed by atoms with Crippen molar-refractivity contribution in [3.8, 4) is 5.75 Å². The molecular weight excluding hydrogens is 272 g/mol. The molecule has 0 spiro atoms. The number of aryl methyl sites for hydroxylation is 1. The van der Waals surface area contributed by atoms with Gasteiger partial charge >= 0.3 is 5.97 Å². The fourth-order valence-corrected chi connectivity index (χ4v) is 1.85. The number of nitrogens with zero attached hydrogens (tertiary/aromatic N) is 1. The highest BCUT2D eigenvalue weighted by Crippen LogP contribution is 2.21. The second-order valence-electron chi connectivity index (χ2n) is 4.74. The summed E-state index contributed by atoms with van der Waals surface area (Å²) in [5, 5.41) is 8.66. The maximum atomic E-state index is 11.7. The molecule has 21 heavy (non-hydrogen) atoms. The van der Waals surface area contributed by atoms with Gasteiger partial charge in [-0.1, -0.05) is 12.1 Å². The van der Waals surface area contributed by atoms with Crippen LogP contribution in [0.1, 0.15) is 22.5 Å². The second-order valence-corrected chi connectivity index (χ2v) is 4.74. The van der Waals surface area contributed by atoms with Crippen molar-refractivity contribution in [2.24, 2.45) is 0 Å². The maximum Gasteiger partial charge on any atom is 0.308 e. The van der Waals surface area contributed by atoms with Crippen molar-refractivity contribution < 1.29 is 14.6 Å². The Morgan fingerprint density at radius 3 is 2.81 bits per heavy atom. The zero-order valence-electron chi connectivity index (χ0n) is 11.8. The summed E-state index contributed by atoms with van der Waals surface area (Å²) in [7, 11) is 0. The third-order valence-corrected chi connectivity index (χ3v) is 3.19. The standard InChI is InChI=1S/C15H16N2O4/c1-9-4-3-5-12(10(9)2)21-8-13-16-7-11(6-14(18)19)15(20)17-13/h3-5,7H,6,8H2,1-2H3,(H,18,19)(H,16,17,20). The fraction of sp³-hybridized carbons (Fsp3) is 0.267. The molecule has 0 saturated carbocycles. The van der Waals surface area contributed by atoms with Crippen LogP contribution in [0.15, 0.2) is 29.2 Å². The van der Waals surface area contributed by atoms with Crippen LogP contribution < -0.4 is 10.3 Å². The summed E-state index contributed by atoms with van der Waals surface area (Å²) in [4.78, 5) is 28.8. The van der Waals surface area contributed by atoms with Crippen LogP contribution in [0.3, 0.4) is 0 Å². The van der Waals surface area contributed by atoms with Crippen LogP contribution in [0.5, 0.6) is 5.75 Å². The van der Waals surface area contributed by atoms with Gasteiger partial charge in [-0.05, 0) is 31.0 Å². The van der Waals surface area contributed by atoms with Gasteiger partial charge in [0.2, 0.25) is 0 Å². The normalized spacial score (nSPS) is 10.4. The number of aromatic amines is 1. The Balaban J connectivity index is 2.10. The van der Waals surface area contributed by atoms with Crippen molar-refractivity contribution in [3.63, 3.8) is 0 Å². The second kappa shape index (κ2) is 6.21. The molecule has 1 heterocycles. The first-order valence-electron chi connectivity index (χ1n) is 6.45. The molecule has 0 aliphatic carbocycles. The summed E-state index contributed by atoms with van der Waals surface area (Å²) < 4.78 is 5.63. The molecule has 0 saturated heterocycles. The van der Waals surface area contributed by atoms with Crippen molar-refractivity contribution in [1.82, 2.24) is 9.97 Å². The topological polar surface area (TPSA) is 92.3 Å². The lowest BCUT2D eigenvalue weighted by Gasteiger charge is -2.10. The van der Waals surface area contributed by atoms with E-state index in [1.165, 1.54) is 6.20 Å². The van der Waals surface area contributed by atoms with E-state index in [0.717, 1.165) is 16.9 Å². The number of carboxylic acids is 1. The summed E-state index contributed by atoms with van der Waals surface area (Å²) in [6.07, 6.45) is 0.926. The Morgan fingerprint density at radius 1 is 1.38 bits per heavy atom. The van der Waals surface area contributed by atoms with Crippen LogP contribution in [0.4, 0.5) is 0 Å². The van der Waals surface area contributed by atoms with Crippen LogP contribution in [0.25, 0.3) is 0 Å². The first-order valence-corrected chi connectivity index (χ1v) is 6.45. The van der Waals surface area contributed by atoms with Gasteiger partial charge in [0, 0.05) is 11.8 Å². The Labute approximate surface area is 121 Å². The maximum absolute atomic E-state index is 11.7. The molecule has 0 radical (unpaired) electrons. The largest absolute Gasteiger partial charge is 0.485 e. The van der Waals surface area contributed by atoms with E-state index in [4.69, 9.17) is 9.84 Å². The van der Waals surface area contributed by atoms with Crippen LogP contribution in [-0.4, -0.2) is 21.0 Å². The van der Waals surface area contributed by atoms with Gasteiger partial charge in [-0.15, -0.1) is 0 Å². The first-order chi connectivity index (χ1) is 9.97. The van der Waals surface area contributed by atoms with E-state index in [2.05, 4.69) is 9.97 Å². The number of H-pyrrole nitrogens is 1. The number of hydrogen-bond acceptors (Lipinski definition) is 4. The molecule has 0 fully saturated rings. The minimum absolute atomic E-state index is 0.118. The van der Waals surface area contributed by atoms with Gasteiger partial charge in [-0.3, -0.25) is 9.59 Å². The monoisotopic (exact) mass is 288 g/mol. The van der Waals surface area contributed by atoms with Crippen molar-refractivity contribution in [2.45, 2.75) is 26.9 Å². The lowest BCUT2D eigenvalue weighted by molar-refractivity contribution is -0.136. The van der Waals surface area contributed by atoms with Crippen LogP contribution in [0, 0.1) is 13.8 Å². The van der Waals surface area contributed by atoms with Crippen LogP contribution in [0.2, 0.25) is 0 Å². The summed E-state index contributed by atoms with van der Waals surface area (Å²) >= 11 is 0. The molecule has 2 rings (SSSR count). The summed E-state index contributed by atoms with van der Waals surface area (Å²) in [5.41, 5.74) is 1.82. The minimum atomic E-state index is -1.07. The third-order valence-electron chi connectivity index (χ3n) is 3.19. The lowest BCUT2D eigenvalue weighted by Crippen LogP contribution is -2.19. The van der Waals surface area contributed by atoms with Crippen molar-refractivity contribution in [3.05, 3.63) is 57.3 Å².